The molecule has 0 spiro atoms. The largest absolute Gasteiger partial charge is 0.373 e. The summed E-state index contributed by atoms with van der Waals surface area (Å²) >= 11 is 0. The maximum absolute atomic E-state index is 9.03. The van der Waals surface area contributed by atoms with Gasteiger partial charge in [0.25, 0.3) is 0 Å². The van der Waals surface area contributed by atoms with Gasteiger partial charge in [0.2, 0.25) is 0 Å². The summed E-state index contributed by atoms with van der Waals surface area (Å²) in [5.74, 6) is 3.15. The molecule has 0 aromatic carbocycles. The molecule has 4 bridgehead atoms. The molecule has 0 radical (unpaired) electrons. The molecule has 0 N–H and O–H groups in total. The van der Waals surface area contributed by atoms with Crippen LogP contribution in [0.3, 0.4) is 0 Å². The normalized spacial score (nSPS) is 61.8. The van der Waals surface area contributed by atoms with Crippen molar-refractivity contribution in [3.8, 4) is 6.07 Å². The fourth-order valence-corrected chi connectivity index (χ4v) is 4.35. The van der Waals surface area contributed by atoms with Gasteiger partial charge in [0, 0.05) is 0 Å². The monoisotopic (exact) mass is 187 g/mol. The van der Waals surface area contributed by atoms with Crippen LogP contribution in [0.25, 0.3) is 0 Å². The Morgan fingerprint density at radius 1 is 1.14 bits per heavy atom. The molecule has 7 unspecified atom stereocenters. The number of rotatable bonds is 0. The van der Waals surface area contributed by atoms with E-state index in [0.717, 1.165) is 24.2 Å². The number of allylic oxidation sites excluding steroid dienone is 2. The standard InChI is InChI=1S/C12H13NO/c13-5-8-4-9-10-6-1-2-7(3-6)11(10)12(8)14-9/h1-2,6-12H,3-4H2. The summed E-state index contributed by atoms with van der Waals surface area (Å²) in [6.45, 7) is 0. The summed E-state index contributed by atoms with van der Waals surface area (Å²) in [4.78, 5) is 0. The number of hydrogen-bond donors (Lipinski definition) is 0. The molecule has 1 saturated carbocycles. The molecule has 0 aromatic heterocycles. The van der Waals surface area contributed by atoms with Gasteiger partial charge in [0.05, 0.1) is 24.2 Å². The quantitative estimate of drug-likeness (QED) is 0.541. The maximum Gasteiger partial charge on any atom is 0.0775 e. The number of hydrogen-bond acceptors (Lipinski definition) is 2. The highest BCUT2D eigenvalue weighted by molar-refractivity contribution is 5.22. The van der Waals surface area contributed by atoms with Crippen molar-refractivity contribution in [2.75, 3.05) is 0 Å². The van der Waals surface area contributed by atoms with Gasteiger partial charge in [0.15, 0.2) is 0 Å². The number of nitrogens with zero attached hydrogens (tertiary/aromatic N) is 1. The Kier molecular flexibility index (Phi) is 1.19. The third-order valence-corrected chi connectivity index (χ3v) is 4.77. The fraction of sp³-hybridized carbons (Fsp3) is 0.750. The number of nitriles is 1. The topological polar surface area (TPSA) is 33.0 Å². The first-order valence-corrected chi connectivity index (χ1v) is 5.62. The summed E-state index contributed by atoms with van der Waals surface area (Å²) < 4.78 is 5.96. The molecular weight excluding hydrogens is 174 g/mol. The van der Waals surface area contributed by atoms with Crippen molar-refractivity contribution in [3.05, 3.63) is 12.2 Å². The Hall–Kier alpha value is -0.810. The number of ether oxygens (including phenoxy) is 1. The number of fused-ring (bicyclic) bond motifs is 9. The van der Waals surface area contributed by atoms with Crippen molar-refractivity contribution in [1.29, 1.82) is 5.26 Å². The highest BCUT2D eigenvalue weighted by atomic mass is 16.5. The van der Waals surface area contributed by atoms with Crippen LogP contribution in [0.4, 0.5) is 0 Å². The zero-order valence-corrected chi connectivity index (χ0v) is 7.97. The summed E-state index contributed by atoms with van der Waals surface area (Å²) in [6.07, 6.45) is 7.77. The average Bonchev–Trinajstić information content (AvgIpc) is 2.94. The van der Waals surface area contributed by atoms with E-state index in [1.54, 1.807) is 0 Å². The highest BCUT2D eigenvalue weighted by Crippen LogP contribution is 2.61. The third kappa shape index (κ3) is 0.653. The van der Waals surface area contributed by atoms with Gasteiger partial charge in [-0.1, -0.05) is 12.2 Å². The fourth-order valence-electron chi connectivity index (χ4n) is 4.35. The lowest BCUT2D eigenvalue weighted by molar-refractivity contribution is 0.0689. The van der Waals surface area contributed by atoms with E-state index in [1.807, 2.05) is 0 Å². The molecule has 0 aromatic rings. The van der Waals surface area contributed by atoms with E-state index in [-0.39, 0.29) is 12.0 Å². The van der Waals surface area contributed by atoms with Crippen molar-refractivity contribution in [2.24, 2.45) is 29.6 Å². The van der Waals surface area contributed by atoms with Crippen LogP contribution in [-0.4, -0.2) is 12.2 Å². The lowest BCUT2D eigenvalue weighted by Crippen LogP contribution is -2.34. The molecular formula is C12H13NO. The van der Waals surface area contributed by atoms with Gasteiger partial charge in [-0.25, -0.2) is 0 Å². The Balaban J connectivity index is 1.76. The Bertz CT molecular complexity index is 356. The van der Waals surface area contributed by atoms with Gasteiger partial charge in [-0.15, -0.1) is 0 Å². The average molecular weight is 187 g/mol. The zero-order valence-electron chi connectivity index (χ0n) is 7.97. The summed E-state index contributed by atoms with van der Waals surface area (Å²) in [5, 5.41) is 9.03. The van der Waals surface area contributed by atoms with Gasteiger partial charge >= 0.3 is 0 Å². The van der Waals surface area contributed by atoms with Crippen LogP contribution >= 0.6 is 0 Å². The van der Waals surface area contributed by atoms with E-state index in [4.69, 9.17) is 10.00 Å². The summed E-state index contributed by atoms with van der Waals surface area (Å²) in [7, 11) is 0. The van der Waals surface area contributed by atoms with Crippen molar-refractivity contribution in [1.82, 2.24) is 0 Å². The van der Waals surface area contributed by atoms with E-state index < -0.39 is 0 Å². The lowest BCUT2D eigenvalue weighted by Gasteiger charge is -2.30. The van der Waals surface area contributed by atoms with Gasteiger partial charge in [0.1, 0.15) is 0 Å². The van der Waals surface area contributed by atoms with Gasteiger partial charge in [-0.05, 0) is 36.5 Å². The molecule has 2 aliphatic heterocycles. The minimum Gasteiger partial charge on any atom is -0.373 e. The van der Waals surface area contributed by atoms with Crippen molar-refractivity contribution in [3.63, 3.8) is 0 Å². The molecule has 7 atom stereocenters. The van der Waals surface area contributed by atoms with E-state index in [9.17, 15) is 0 Å². The van der Waals surface area contributed by atoms with Gasteiger partial charge < -0.3 is 4.74 Å². The SMILES string of the molecule is N#CC1CC2OC1C1C3C=CC(C3)C21. The molecule has 2 nitrogen and oxygen atoms in total. The second kappa shape index (κ2) is 2.23. The molecule has 2 saturated heterocycles. The second-order valence-corrected chi connectivity index (χ2v) is 5.21. The van der Waals surface area contributed by atoms with Crippen molar-refractivity contribution in [2.45, 2.75) is 25.0 Å². The van der Waals surface area contributed by atoms with E-state index in [2.05, 4.69) is 18.2 Å². The first-order chi connectivity index (χ1) is 6.88. The van der Waals surface area contributed by atoms with Crippen LogP contribution in [0.2, 0.25) is 0 Å². The van der Waals surface area contributed by atoms with Gasteiger partial charge in [-0.3, -0.25) is 0 Å². The second-order valence-electron chi connectivity index (χ2n) is 5.21. The smallest absolute Gasteiger partial charge is 0.0775 e. The molecule has 2 heterocycles. The van der Waals surface area contributed by atoms with Crippen LogP contribution in [0, 0.1) is 40.9 Å². The summed E-state index contributed by atoms with van der Waals surface area (Å²) in [6, 6.07) is 2.42. The van der Waals surface area contributed by atoms with E-state index in [0.29, 0.717) is 12.0 Å². The highest BCUT2D eigenvalue weighted by Gasteiger charge is 2.62. The van der Waals surface area contributed by atoms with Crippen LogP contribution in [0.1, 0.15) is 12.8 Å². The molecule has 2 heteroatoms. The Morgan fingerprint density at radius 3 is 2.71 bits per heavy atom. The molecule has 3 fully saturated rings. The molecule has 4 rings (SSSR count). The van der Waals surface area contributed by atoms with E-state index in [1.165, 1.54) is 6.42 Å². The molecule has 0 amide bonds. The third-order valence-electron chi connectivity index (χ3n) is 4.77. The van der Waals surface area contributed by atoms with Crippen molar-refractivity contribution < 1.29 is 4.74 Å². The Morgan fingerprint density at radius 2 is 1.93 bits per heavy atom. The van der Waals surface area contributed by atoms with Crippen LogP contribution in [-0.2, 0) is 4.74 Å². The predicted octanol–water partition coefficient (Wildman–Crippen LogP) is 1.74. The molecule has 4 aliphatic rings. The Labute approximate surface area is 83.5 Å². The molecule has 14 heavy (non-hydrogen) atoms. The molecule has 2 aliphatic carbocycles. The molecule has 72 valence electrons. The minimum atomic E-state index is 0.189. The maximum atomic E-state index is 9.03. The zero-order chi connectivity index (χ0) is 9.28. The predicted molar refractivity (Wildman–Crippen MR) is 50.1 cm³/mol. The van der Waals surface area contributed by atoms with Gasteiger partial charge in [-0.2, -0.15) is 5.26 Å². The first-order valence-electron chi connectivity index (χ1n) is 5.62. The van der Waals surface area contributed by atoms with Crippen molar-refractivity contribution >= 4 is 0 Å². The van der Waals surface area contributed by atoms with E-state index >= 15 is 0 Å². The lowest BCUT2D eigenvalue weighted by atomic mass is 9.70. The van der Waals surface area contributed by atoms with Crippen LogP contribution in [0.15, 0.2) is 12.2 Å². The first kappa shape index (κ1) is 7.48. The minimum absolute atomic E-state index is 0.189. The van der Waals surface area contributed by atoms with Crippen LogP contribution in [0.5, 0.6) is 0 Å². The summed E-state index contributed by atoms with van der Waals surface area (Å²) in [5.41, 5.74) is 0. The van der Waals surface area contributed by atoms with Crippen LogP contribution < -0.4 is 0 Å².